The summed E-state index contributed by atoms with van der Waals surface area (Å²) in [7, 11) is 0. The number of halogens is 20. The summed E-state index contributed by atoms with van der Waals surface area (Å²) in [5.41, 5.74) is -10.1. The van der Waals surface area contributed by atoms with Crippen LogP contribution in [0.4, 0.5) is 87.8 Å². The number of rotatable bonds is 9. The van der Waals surface area contributed by atoms with E-state index >= 15 is 35.1 Å². The molecular weight excluding hydrogens is 973 g/mol. The molecule has 2 nitrogen and oxygen atoms in total. The van der Waals surface area contributed by atoms with Gasteiger partial charge in [0, 0.05) is 23.3 Å². The van der Waals surface area contributed by atoms with Crippen molar-refractivity contribution < 1.29 is 97.2 Å². The second-order valence-corrected chi connectivity index (χ2v) is 15.1. The average Bonchev–Trinajstić information content (AvgIpc) is 3.34. The minimum absolute atomic E-state index is 0.117. The molecule has 1 heterocycles. The highest BCUT2D eigenvalue weighted by molar-refractivity contribution is 7.20. The summed E-state index contributed by atoms with van der Waals surface area (Å²) < 4.78 is 296. The fraction of sp³-hybridized carbons (Fsp3) is 0.0870. The number of hydrogen-bond donors (Lipinski definition) is 0. The molecule has 0 aliphatic carbocycles. The highest BCUT2D eigenvalue weighted by Gasteiger charge is 2.52. The molecule has 0 saturated carbocycles. The maximum Gasteiger partial charge on any atom is 0.227 e. The summed E-state index contributed by atoms with van der Waals surface area (Å²) in [6.45, 7) is 4.72. The van der Waals surface area contributed by atoms with Gasteiger partial charge in [-0.3, -0.25) is 4.79 Å². The van der Waals surface area contributed by atoms with Crippen LogP contribution in [0.25, 0.3) is 11.3 Å². The van der Waals surface area contributed by atoms with Crippen molar-refractivity contribution in [3.05, 3.63) is 206 Å². The van der Waals surface area contributed by atoms with Gasteiger partial charge in [0.05, 0.1) is 0 Å². The van der Waals surface area contributed by atoms with Gasteiger partial charge < -0.3 is 0 Å². The number of ketones is 1. The van der Waals surface area contributed by atoms with Gasteiger partial charge in [0.15, 0.2) is 76.0 Å². The summed E-state index contributed by atoms with van der Waals surface area (Å²) in [5.74, 6) is -70.8. The maximum absolute atomic E-state index is 15.4. The summed E-state index contributed by atoms with van der Waals surface area (Å²) in [6.07, 6.45) is -5.25. The van der Waals surface area contributed by atoms with Crippen molar-refractivity contribution in [2.75, 3.05) is 0 Å². The van der Waals surface area contributed by atoms with Crippen LogP contribution < -0.4 is 26.4 Å². The molecule has 0 amide bonds. The number of benzene rings is 6. The number of carbonyl (C=O) groups excluding carboxylic acids is 1. The number of Topliss-reactive ketones (excluding diaryl/α,β-unsaturated/α-hetero) is 1. The van der Waals surface area contributed by atoms with E-state index in [1.165, 1.54) is 5.56 Å². The monoisotopic (exact) mass is 995 g/mol. The third-order valence-electron chi connectivity index (χ3n) is 10.9. The predicted octanol–water partition coefficient (Wildman–Crippen LogP) is 10.5. The Kier molecular flexibility index (Phi) is 14.4. The third-order valence-corrected chi connectivity index (χ3v) is 10.9. The Morgan fingerprint density at radius 1 is 0.391 bits per heavy atom. The number of hydrogen-bond acceptors (Lipinski definition) is 1. The summed E-state index contributed by atoms with van der Waals surface area (Å²) >= 11 is 0. The first-order chi connectivity index (χ1) is 32.3. The molecule has 0 bridgehead atoms. The Balaban J connectivity index is 0.000000273. The number of pyridine rings is 1. The third kappa shape index (κ3) is 8.44. The lowest BCUT2D eigenvalue weighted by atomic mass is 9.12. The molecule has 360 valence electrons. The van der Waals surface area contributed by atoms with Crippen molar-refractivity contribution in [1.29, 1.82) is 0 Å². The van der Waals surface area contributed by atoms with Crippen molar-refractivity contribution >= 4 is 33.8 Å². The number of aromatic nitrogens is 1. The minimum atomic E-state index is -7.22. The Morgan fingerprint density at radius 2 is 0.681 bits per heavy atom. The molecule has 1 aromatic heterocycles. The van der Waals surface area contributed by atoms with Gasteiger partial charge in [0.25, 0.3) is 0 Å². The van der Waals surface area contributed by atoms with Crippen LogP contribution in [0.15, 0.2) is 79.0 Å². The highest BCUT2D eigenvalue weighted by Crippen LogP contribution is 2.31. The fourth-order valence-electron chi connectivity index (χ4n) is 7.66. The molecule has 7 rings (SSSR count). The van der Waals surface area contributed by atoms with E-state index in [-0.39, 0.29) is 5.78 Å². The Hall–Kier alpha value is -7.20. The molecular formula is C46H22BF20NO. The van der Waals surface area contributed by atoms with E-state index in [0.29, 0.717) is 12.5 Å². The second-order valence-electron chi connectivity index (χ2n) is 15.1. The minimum Gasteiger partial charge on any atom is -0.287 e. The van der Waals surface area contributed by atoms with Crippen LogP contribution in [0, 0.1) is 116 Å². The normalized spacial score (nSPS) is 11.6. The van der Waals surface area contributed by atoms with Crippen LogP contribution in [0.1, 0.15) is 35.7 Å². The van der Waals surface area contributed by atoms with E-state index in [9.17, 15) is 57.5 Å². The van der Waals surface area contributed by atoms with Crippen molar-refractivity contribution in [3.8, 4) is 11.3 Å². The Labute approximate surface area is 374 Å². The van der Waals surface area contributed by atoms with Gasteiger partial charge in [-0.1, -0.05) is 56.3 Å². The molecule has 7 aromatic rings. The van der Waals surface area contributed by atoms with Crippen LogP contribution in [0.5, 0.6) is 0 Å². The average molecular weight is 995 g/mol. The van der Waals surface area contributed by atoms with Crippen molar-refractivity contribution in [2.45, 2.75) is 26.3 Å². The van der Waals surface area contributed by atoms with Gasteiger partial charge in [-0.2, -0.15) is 4.57 Å². The molecule has 0 N–H and O–H groups in total. The van der Waals surface area contributed by atoms with Gasteiger partial charge in [-0.25, -0.2) is 87.8 Å². The van der Waals surface area contributed by atoms with E-state index in [0.717, 1.165) is 16.8 Å². The van der Waals surface area contributed by atoms with Gasteiger partial charge in [0.1, 0.15) is 52.7 Å². The standard InChI is InChI=1S/C24BF20.C22H22NO/c26-5-1(6(27)14(35)21(42)13(5)34)25(2-7(28)15(36)22(43)16(37)8(2)29,3-9(30)17(38)23(44)18(39)10(3)31)4-11(32)19(40)24(45)20(41)12(4)33;1-17(2)18-11-13-19(14-12-18)21-10-6-7-15-23(21)16-22(24)20-8-4-3-5-9-20/h;3-15,17H,16H2,1-2H3/q-1;+1. The quantitative estimate of drug-likeness (QED) is 0.0353. The van der Waals surface area contributed by atoms with Gasteiger partial charge in [0.2, 0.25) is 18.0 Å². The summed E-state index contributed by atoms with van der Waals surface area (Å²) in [5, 5.41) is 0. The lowest BCUT2D eigenvalue weighted by Crippen LogP contribution is -2.81. The van der Waals surface area contributed by atoms with Crippen molar-refractivity contribution in [3.63, 3.8) is 0 Å². The van der Waals surface area contributed by atoms with Crippen molar-refractivity contribution in [2.24, 2.45) is 0 Å². The molecule has 0 spiro atoms. The van der Waals surface area contributed by atoms with E-state index < -0.39 is 144 Å². The first kappa shape index (κ1) is 51.2. The van der Waals surface area contributed by atoms with E-state index in [2.05, 4.69) is 44.2 Å². The lowest BCUT2D eigenvalue weighted by molar-refractivity contribution is -0.672. The molecule has 69 heavy (non-hydrogen) atoms. The Morgan fingerprint density at radius 3 is 0.986 bits per heavy atom. The van der Waals surface area contributed by atoms with E-state index in [4.69, 9.17) is 0 Å². The SMILES string of the molecule is CC(C)c1ccc(-c2cccc[n+]2CC(=O)c2ccccc2)cc1.Fc1c(F)c(F)c([B-](c2c(F)c(F)c(F)c(F)c2F)(c2c(F)c(F)c(F)c(F)c2F)c2c(F)c(F)c(F)c(F)c2F)c(F)c1F. The Bertz CT molecular complexity index is 2800. The first-order valence-corrected chi connectivity index (χ1v) is 19.3. The van der Waals surface area contributed by atoms with Crippen LogP contribution in [-0.4, -0.2) is 11.9 Å². The zero-order valence-electron chi connectivity index (χ0n) is 34.3. The zero-order valence-corrected chi connectivity index (χ0v) is 34.3. The molecule has 0 fully saturated rings. The molecule has 6 aromatic carbocycles. The van der Waals surface area contributed by atoms with Crippen LogP contribution >= 0.6 is 0 Å². The van der Waals surface area contributed by atoms with Crippen LogP contribution in [0.2, 0.25) is 0 Å². The first-order valence-electron chi connectivity index (χ1n) is 19.3. The molecule has 0 aliphatic rings. The van der Waals surface area contributed by atoms with Crippen LogP contribution in [-0.2, 0) is 6.54 Å². The van der Waals surface area contributed by atoms with Crippen molar-refractivity contribution in [1.82, 2.24) is 0 Å². The van der Waals surface area contributed by atoms with Crippen LogP contribution in [0.3, 0.4) is 0 Å². The maximum atomic E-state index is 15.4. The molecule has 0 aliphatic heterocycles. The lowest BCUT2D eigenvalue weighted by Gasteiger charge is -2.44. The summed E-state index contributed by atoms with van der Waals surface area (Å²) in [4.78, 5) is 12.5. The van der Waals surface area contributed by atoms with E-state index in [1.807, 2.05) is 53.2 Å². The molecule has 0 saturated heterocycles. The summed E-state index contributed by atoms with van der Waals surface area (Å²) in [6, 6.07) is 24.1. The number of nitrogens with zero attached hydrogens (tertiary/aromatic N) is 1. The second kappa shape index (κ2) is 19.4. The van der Waals surface area contributed by atoms with Gasteiger partial charge in [-0.15, -0.1) is 21.9 Å². The smallest absolute Gasteiger partial charge is 0.227 e. The van der Waals surface area contributed by atoms with E-state index in [1.54, 1.807) is 0 Å². The number of carbonyl (C=O) groups is 1. The molecule has 0 atom stereocenters. The molecule has 0 radical (unpaired) electrons. The molecule has 0 unspecified atom stereocenters. The predicted molar refractivity (Wildman–Crippen MR) is 206 cm³/mol. The highest BCUT2D eigenvalue weighted by atomic mass is 19.2. The van der Waals surface area contributed by atoms with Gasteiger partial charge in [-0.05, 0) is 29.7 Å². The van der Waals surface area contributed by atoms with Gasteiger partial charge >= 0.3 is 0 Å². The topological polar surface area (TPSA) is 20.9 Å². The zero-order chi connectivity index (χ0) is 51.3. The largest absolute Gasteiger partial charge is 0.287 e. The fourth-order valence-corrected chi connectivity index (χ4v) is 7.66. The molecule has 23 heteroatoms.